The Bertz CT molecular complexity index is 316. The Kier molecular flexibility index (Phi) is 4.95. The second kappa shape index (κ2) is 6.02. The molecule has 0 N–H and O–H groups in total. The summed E-state index contributed by atoms with van der Waals surface area (Å²) in [6.07, 6.45) is 1.03. The Balaban J connectivity index is 0.000000980. The maximum Gasteiger partial charge on any atom is -0.00258 e. The second-order valence-electron chi connectivity index (χ2n) is 3.15. The molecule has 0 saturated carbocycles. The molecule has 2 aromatic carbocycles. The van der Waals surface area contributed by atoms with Crippen molar-refractivity contribution in [2.24, 2.45) is 0 Å². The summed E-state index contributed by atoms with van der Waals surface area (Å²) in [6, 6.07) is 21.1. The van der Waals surface area contributed by atoms with Gasteiger partial charge in [-0.15, -0.1) is 0 Å². The summed E-state index contributed by atoms with van der Waals surface area (Å²) in [5, 5.41) is 0. The topological polar surface area (TPSA) is 0 Å². The molecule has 0 nitrogen and oxygen atoms in total. The van der Waals surface area contributed by atoms with Crippen LogP contribution in [0.4, 0.5) is 0 Å². The molecule has 0 aliphatic carbocycles. The fourth-order valence-electron chi connectivity index (χ4n) is 1.43. The molecule has 0 aromatic heterocycles. The Labute approximate surface area is 107 Å². The van der Waals surface area contributed by atoms with Crippen molar-refractivity contribution in [3.8, 4) is 0 Å². The molecule has 0 saturated heterocycles. The van der Waals surface area contributed by atoms with Crippen LogP contribution in [0.3, 0.4) is 0 Å². The van der Waals surface area contributed by atoms with Crippen LogP contribution in [-0.4, -0.2) is 29.6 Å². The van der Waals surface area contributed by atoms with Crippen molar-refractivity contribution in [1.82, 2.24) is 0 Å². The molecule has 0 fully saturated rings. The van der Waals surface area contributed by atoms with Crippen LogP contribution in [0.15, 0.2) is 60.7 Å². The molecule has 0 atom stereocenters. The van der Waals surface area contributed by atoms with E-state index in [9.17, 15) is 0 Å². The van der Waals surface area contributed by atoms with E-state index in [4.69, 9.17) is 0 Å². The molecular formula is C13H13Na. The first-order valence-corrected chi connectivity index (χ1v) is 4.53. The molecule has 1 heteroatoms. The van der Waals surface area contributed by atoms with E-state index in [2.05, 4.69) is 60.7 Å². The maximum absolute atomic E-state index is 2.16. The van der Waals surface area contributed by atoms with Gasteiger partial charge in [-0.3, -0.25) is 0 Å². The van der Waals surface area contributed by atoms with Crippen LogP contribution in [0.25, 0.3) is 0 Å². The molecule has 0 aliphatic heterocycles. The van der Waals surface area contributed by atoms with Crippen LogP contribution in [-0.2, 0) is 6.42 Å². The average molecular weight is 192 g/mol. The molecule has 2 rings (SSSR count). The van der Waals surface area contributed by atoms with Gasteiger partial charge >= 0.3 is 29.6 Å². The fraction of sp³-hybridized carbons (Fsp3) is 0.0769. The molecule has 14 heavy (non-hydrogen) atoms. The van der Waals surface area contributed by atoms with Gasteiger partial charge in [0, 0.05) is 0 Å². The predicted octanol–water partition coefficient (Wildman–Crippen LogP) is 2.63. The van der Waals surface area contributed by atoms with Crippen molar-refractivity contribution < 1.29 is 0 Å². The average Bonchev–Trinajstić information content (AvgIpc) is 2.21. The molecule has 0 radical (unpaired) electrons. The van der Waals surface area contributed by atoms with Crippen LogP contribution in [0.2, 0.25) is 0 Å². The van der Waals surface area contributed by atoms with E-state index in [-0.39, 0.29) is 29.6 Å². The van der Waals surface area contributed by atoms with Gasteiger partial charge in [-0.25, -0.2) is 0 Å². The van der Waals surface area contributed by atoms with Gasteiger partial charge in [-0.05, 0) is 17.5 Å². The van der Waals surface area contributed by atoms with Gasteiger partial charge in [0.15, 0.2) is 0 Å². The molecular weight excluding hydrogens is 179 g/mol. The first-order valence-electron chi connectivity index (χ1n) is 4.53. The third-order valence-electron chi connectivity index (χ3n) is 2.09. The summed E-state index contributed by atoms with van der Waals surface area (Å²) in [4.78, 5) is 0. The van der Waals surface area contributed by atoms with Crippen molar-refractivity contribution in [3.05, 3.63) is 71.8 Å². The molecule has 2 aromatic rings. The van der Waals surface area contributed by atoms with Gasteiger partial charge in [-0.2, -0.15) is 0 Å². The number of hydrogen-bond donors (Lipinski definition) is 0. The van der Waals surface area contributed by atoms with E-state index in [1.807, 2.05) is 0 Å². The molecule has 0 unspecified atom stereocenters. The normalized spacial score (nSPS) is 9.14. The van der Waals surface area contributed by atoms with Crippen molar-refractivity contribution in [2.45, 2.75) is 6.42 Å². The van der Waals surface area contributed by atoms with Crippen LogP contribution in [0.1, 0.15) is 11.1 Å². The monoisotopic (exact) mass is 192 g/mol. The van der Waals surface area contributed by atoms with Gasteiger partial charge in [0.05, 0.1) is 0 Å². The zero-order valence-electron chi connectivity index (χ0n) is 7.48. The summed E-state index contributed by atoms with van der Waals surface area (Å²) >= 11 is 0. The van der Waals surface area contributed by atoms with E-state index < -0.39 is 0 Å². The van der Waals surface area contributed by atoms with E-state index in [0.29, 0.717) is 0 Å². The van der Waals surface area contributed by atoms with Crippen LogP contribution < -0.4 is 0 Å². The Morgan fingerprint density at radius 2 is 0.929 bits per heavy atom. The van der Waals surface area contributed by atoms with Crippen LogP contribution >= 0.6 is 0 Å². The summed E-state index contributed by atoms with van der Waals surface area (Å²) in [6.45, 7) is 0. The van der Waals surface area contributed by atoms with Gasteiger partial charge in [0.25, 0.3) is 0 Å². The minimum absolute atomic E-state index is 0. The maximum atomic E-state index is 2.16. The second-order valence-corrected chi connectivity index (χ2v) is 3.15. The van der Waals surface area contributed by atoms with E-state index >= 15 is 0 Å². The van der Waals surface area contributed by atoms with Crippen LogP contribution in [0, 0.1) is 0 Å². The third-order valence-corrected chi connectivity index (χ3v) is 2.09. The largest absolute Gasteiger partial charge is 0.0622 e. The first-order chi connectivity index (χ1) is 6.45. The Hall–Kier alpha value is -0.560. The molecule has 0 spiro atoms. The molecule has 66 valence electrons. The molecule has 0 heterocycles. The van der Waals surface area contributed by atoms with Gasteiger partial charge in [-0.1, -0.05) is 60.7 Å². The number of hydrogen-bond acceptors (Lipinski definition) is 0. The van der Waals surface area contributed by atoms with E-state index in [1.54, 1.807) is 0 Å². The summed E-state index contributed by atoms with van der Waals surface area (Å²) in [5.41, 5.74) is 2.74. The third kappa shape index (κ3) is 3.30. The quantitative estimate of drug-likeness (QED) is 0.642. The Morgan fingerprint density at radius 1 is 0.571 bits per heavy atom. The van der Waals surface area contributed by atoms with E-state index in [1.165, 1.54) is 11.1 Å². The minimum Gasteiger partial charge on any atom is -0.0622 e. The van der Waals surface area contributed by atoms with Gasteiger partial charge in [0.2, 0.25) is 0 Å². The standard InChI is InChI=1S/C13H12.Na.H/c1-3-7-12(8-4-1)11-13-9-5-2-6-10-13;;/h1-10H,11H2;;. The molecule has 0 bridgehead atoms. The van der Waals surface area contributed by atoms with Crippen LogP contribution in [0.5, 0.6) is 0 Å². The molecule has 0 aliphatic rings. The zero-order valence-corrected chi connectivity index (χ0v) is 7.48. The van der Waals surface area contributed by atoms with Gasteiger partial charge in [0.1, 0.15) is 0 Å². The van der Waals surface area contributed by atoms with Crippen molar-refractivity contribution in [3.63, 3.8) is 0 Å². The zero-order chi connectivity index (χ0) is 8.93. The number of benzene rings is 2. The van der Waals surface area contributed by atoms with Gasteiger partial charge < -0.3 is 0 Å². The number of rotatable bonds is 2. The Morgan fingerprint density at radius 3 is 1.29 bits per heavy atom. The van der Waals surface area contributed by atoms with Crippen molar-refractivity contribution in [2.75, 3.05) is 0 Å². The van der Waals surface area contributed by atoms with E-state index in [0.717, 1.165) is 6.42 Å². The molecule has 0 amide bonds. The smallest absolute Gasteiger partial charge is 0.00258 e. The predicted molar refractivity (Wildman–Crippen MR) is 62.8 cm³/mol. The summed E-state index contributed by atoms with van der Waals surface area (Å²) in [5.74, 6) is 0. The van der Waals surface area contributed by atoms with Crippen molar-refractivity contribution in [1.29, 1.82) is 0 Å². The fourth-order valence-corrected chi connectivity index (χ4v) is 1.43. The summed E-state index contributed by atoms with van der Waals surface area (Å²) < 4.78 is 0. The van der Waals surface area contributed by atoms with Crippen molar-refractivity contribution >= 4 is 29.6 Å². The summed E-state index contributed by atoms with van der Waals surface area (Å²) in [7, 11) is 0. The minimum atomic E-state index is 0. The first kappa shape index (κ1) is 11.5. The SMILES string of the molecule is [NaH].c1ccc(Cc2ccccc2)cc1.